The largest absolute Gasteiger partial charge is 0.419 e. The van der Waals surface area contributed by atoms with Crippen LogP contribution in [0.2, 0.25) is 0 Å². The van der Waals surface area contributed by atoms with Crippen molar-refractivity contribution in [2.24, 2.45) is 0 Å². The molecule has 0 aliphatic rings. The molecule has 0 amide bonds. The van der Waals surface area contributed by atoms with Crippen LogP contribution in [0.1, 0.15) is 5.56 Å². The third-order valence-corrected chi connectivity index (χ3v) is 2.41. The lowest BCUT2D eigenvalue weighted by atomic mass is 10.1. The zero-order valence-corrected chi connectivity index (χ0v) is 9.57. The van der Waals surface area contributed by atoms with Crippen LogP contribution < -0.4 is 0 Å². The summed E-state index contributed by atoms with van der Waals surface area (Å²) in [6.45, 7) is 0. The van der Waals surface area contributed by atoms with E-state index < -0.39 is 52.2 Å². The summed E-state index contributed by atoms with van der Waals surface area (Å²) in [6, 6.07) is 0. The molecule has 21 heavy (non-hydrogen) atoms. The molecule has 0 fully saturated rings. The highest BCUT2D eigenvalue weighted by Gasteiger charge is 2.32. The van der Waals surface area contributed by atoms with Crippen LogP contribution in [0.25, 0.3) is 11.4 Å². The van der Waals surface area contributed by atoms with Gasteiger partial charge in [-0.2, -0.15) is 13.2 Å². The van der Waals surface area contributed by atoms with E-state index in [1.165, 1.54) is 0 Å². The van der Waals surface area contributed by atoms with Crippen molar-refractivity contribution in [2.75, 3.05) is 0 Å². The molecule has 0 bridgehead atoms. The van der Waals surface area contributed by atoms with E-state index >= 15 is 0 Å². The summed E-state index contributed by atoms with van der Waals surface area (Å²) in [6.07, 6.45) is -4.48. The van der Waals surface area contributed by atoms with Gasteiger partial charge in [-0.1, -0.05) is 0 Å². The fraction of sp³-hybridized carbons (Fsp3) is 0.0909. The van der Waals surface area contributed by atoms with E-state index in [4.69, 9.17) is 0 Å². The van der Waals surface area contributed by atoms with Crippen LogP contribution in [0.3, 0.4) is 0 Å². The highest BCUT2D eigenvalue weighted by atomic mass is 19.4. The van der Waals surface area contributed by atoms with Gasteiger partial charge in [-0.25, -0.2) is 31.9 Å². The fourth-order valence-electron chi connectivity index (χ4n) is 1.40. The molecule has 0 atom stereocenters. The van der Waals surface area contributed by atoms with Crippen LogP contribution >= 0.6 is 0 Å². The van der Waals surface area contributed by atoms with Crippen molar-refractivity contribution in [3.8, 4) is 11.4 Å². The molecular formula is C11H2F8N2. The summed E-state index contributed by atoms with van der Waals surface area (Å²) in [5.41, 5.74) is -2.84. The third kappa shape index (κ3) is 2.52. The Morgan fingerprint density at radius 1 is 0.667 bits per heavy atom. The first-order valence-corrected chi connectivity index (χ1v) is 5.05. The molecule has 1 heterocycles. The van der Waals surface area contributed by atoms with Crippen molar-refractivity contribution in [1.29, 1.82) is 0 Å². The lowest BCUT2D eigenvalue weighted by Gasteiger charge is -2.08. The van der Waals surface area contributed by atoms with Crippen LogP contribution in [-0.4, -0.2) is 9.97 Å². The number of benzene rings is 1. The number of rotatable bonds is 1. The Balaban J connectivity index is 2.63. The number of halogens is 8. The monoisotopic (exact) mass is 314 g/mol. The molecule has 0 aliphatic carbocycles. The zero-order chi connectivity index (χ0) is 15.9. The predicted octanol–water partition coefficient (Wildman–Crippen LogP) is 3.86. The first-order valence-electron chi connectivity index (χ1n) is 5.05. The minimum Gasteiger partial charge on any atom is -0.236 e. The quantitative estimate of drug-likeness (QED) is 0.454. The Labute approximate surface area is 111 Å². The average Bonchev–Trinajstić information content (AvgIpc) is 2.43. The number of aromatic nitrogens is 2. The van der Waals surface area contributed by atoms with Crippen molar-refractivity contribution in [1.82, 2.24) is 9.97 Å². The highest BCUT2D eigenvalue weighted by Crippen LogP contribution is 2.31. The van der Waals surface area contributed by atoms with Gasteiger partial charge < -0.3 is 0 Å². The Hall–Kier alpha value is -2.26. The molecule has 2 nitrogen and oxygen atoms in total. The highest BCUT2D eigenvalue weighted by molar-refractivity contribution is 5.57. The van der Waals surface area contributed by atoms with Gasteiger partial charge in [0.15, 0.2) is 29.1 Å². The molecule has 0 unspecified atom stereocenters. The van der Waals surface area contributed by atoms with E-state index in [1.54, 1.807) is 0 Å². The second-order valence-electron chi connectivity index (χ2n) is 3.74. The van der Waals surface area contributed by atoms with Gasteiger partial charge in [-0.15, -0.1) is 0 Å². The van der Waals surface area contributed by atoms with E-state index in [9.17, 15) is 35.1 Å². The predicted molar refractivity (Wildman–Crippen MR) is 52.3 cm³/mol. The van der Waals surface area contributed by atoms with E-state index in [-0.39, 0.29) is 12.4 Å². The Bertz CT molecular complexity index is 664. The third-order valence-electron chi connectivity index (χ3n) is 2.41. The molecule has 1 aromatic carbocycles. The first kappa shape index (κ1) is 15.1. The van der Waals surface area contributed by atoms with Gasteiger partial charge in [0, 0.05) is 12.4 Å². The maximum atomic E-state index is 13.4. The smallest absolute Gasteiger partial charge is 0.236 e. The number of hydrogen-bond acceptors (Lipinski definition) is 2. The van der Waals surface area contributed by atoms with Crippen molar-refractivity contribution in [3.63, 3.8) is 0 Å². The summed E-state index contributed by atoms with van der Waals surface area (Å²) in [4.78, 5) is 5.96. The molecule has 0 radical (unpaired) electrons. The second kappa shape index (κ2) is 4.93. The minimum absolute atomic E-state index is 0.167. The van der Waals surface area contributed by atoms with Crippen molar-refractivity contribution in [3.05, 3.63) is 47.0 Å². The van der Waals surface area contributed by atoms with Gasteiger partial charge in [0.05, 0.1) is 11.1 Å². The number of nitrogens with zero attached hydrogens (tertiary/aromatic N) is 2. The van der Waals surface area contributed by atoms with Crippen LogP contribution in [-0.2, 0) is 6.18 Å². The lowest BCUT2D eigenvalue weighted by molar-refractivity contribution is -0.138. The van der Waals surface area contributed by atoms with Gasteiger partial charge in [0.2, 0.25) is 5.82 Å². The van der Waals surface area contributed by atoms with Crippen LogP contribution in [0.15, 0.2) is 12.4 Å². The molecule has 112 valence electrons. The minimum atomic E-state index is -4.81. The van der Waals surface area contributed by atoms with Gasteiger partial charge in [0.25, 0.3) is 0 Å². The van der Waals surface area contributed by atoms with E-state index in [0.717, 1.165) is 0 Å². The van der Waals surface area contributed by atoms with Crippen molar-refractivity contribution >= 4 is 0 Å². The number of hydrogen-bond donors (Lipinski definition) is 0. The van der Waals surface area contributed by atoms with Crippen molar-refractivity contribution in [2.45, 2.75) is 6.18 Å². The standard InChI is InChI=1S/C11H2F8N2/c12-5-4(6(13)8(15)9(16)7(5)14)10-20-1-3(2-21-10)11(17,18)19/h1-2H. The molecule has 10 heteroatoms. The van der Waals surface area contributed by atoms with E-state index in [2.05, 4.69) is 9.97 Å². The topological polar surface area (TPSA) is 25.8 Å². The molecule has 1 aromatic heterocycles. The molecular weight excluding hydrogens is 312 g/mol. The van der Waals surface area contributed by atoms with Crippen LogP contribution in [0.4, 0.5) is 35.1 Å². The number of alkyl halides is 3. The SMILES string of the molecule is Fc1c(F)c(F)c(-c2ncc(C(F)(F)F)cn2)c(F)c1F. The van der Waals surface area contributed by atoms with Gasteiger partial charge in [-0.3, -0.25) is 0 Å². The maximum absolute atomic E-state index is 13.4. The summed E-state index contributed by atoms with van der Waals surface area (Å²) >= 11 is 0. The molecule has 2 rings (SSSR count). The van der Waals surface area contributed by atoms with Gasteiger partial charge in [-0.05, 0) is 0 Å². The Morgan fingerprint density at radius 3 is 1.43 bits per heavy atom. The van der Waals surface area contributed by atoms with Crippen molar-refractivity contribution < 1.29 is 35.1 Å². The van der Waals surface area contributed by atoms with E-state index in [1.807, 2.05) is 0 Å². The van der Waals surface area contributed by atoms with Crippen LogP contribution in [0.5, 0.6) is 0 Å². The summed E-state index contributed by atoms with van der Waals surface area (Å²) in [5, 5.41) is 0. The maximum Gasteiger partial charge on any atom is 0.419 e. The lowest BCUT2D eigenvalue weighted by Crippen LogP contribution is -2.09. The van der Waals surface area contributed by atoms with Gasteiger partial charge in [0.1, 0.15) is 0 Å². The molecule has 0 N–H and O–H groups in total. The summed E-state index contributed by atoms with van der Waals surface area (Å²) < 4.78 is 102. The first-order chi connectivity index (χ1) is 9.64. The fourth-order valence-corrected chi connectivity index (χ4v) is 1.40. The normalized spacial score (nSPS) is 11.8. The van der Waals surface area contributed by atoms with E-state index in [0.29, 0.717) is 0 Å². The molecule has 0 saturated heterocycles. The molecule has 0 saturated carbocycles. The molecule has 2 aromatic rings. The Kier molecular flexibility index (Phi) is 3.56. The zero-order valence-electron chi connectivity index (χ0n) is 9.57. The average molecular weight is 314 g/mol. The second-order valence-corrected chi connectivity index (χ2v) is 3.74. The summed E-state index contributed by atoms with van der Waals surface area (Å²) in [7, 11) is 0. The van der Waals surface area contributed by atoms with Gasteiger partial charge >= 0.3 is 6.18 Å². The Morgan fingerprint density at radius 2 is 1.05 bits per heavy atom. The molecule has 0 spiro atoms. The molecule has 0 aliphatic heterocycles. The summed E-state index contributed by atoms with van der Waals surface area (Å²) in [5.74, 6) is -12.4. The van der Waals surface area contributed by atoms with Crippen LogP contribution in [0, 0.1) is 29.1 Å².